The van der Waals surface area contributed by atoms with Gasteiger partial charge < -0.3 is 14.8 Å². The van der Waals surface area contributed by atoms with E-state index in [0.29, 0.717) is 41.8 Å². The first-order chi connectivity index (χ1) is 14.1. The number of anilines is 1. The molecule has 0 saturated carbocycles. The zero-order valence-electron chi connectivity index (χ0n) is 15.7. The molecule has 0 aliphatic carbocycles. The van der Waals surface area contributed by atoms with Gasteiger partial charge in [0.1, 0.15) is 0 Å². The molecule has 0 saturated heterocycles. The number of rotatable bonds is 9. The van der Waals surface area contributed by atoms with E-state index in [1.54, 1.807) is 24.6 Å². The molecule has 150 valence electrons. The number of carbonyl (C=O) groups excluding carboxylic acids is 1. The molecule has 0 fully saturated rings. The topological polar surface area (TPSA) is 104 Å². The number of nitro groups is 1. The van der Waals surface area contributed by atoms with E-state index in [9.17, 15) is 14.9 Å². The summed E-state index contributed by atoms with van der Waals surface area (Å²) in [6, 6.07) is 13.5. The number of thiazole rings is 1. The number of ether oxygens (including phenoxy) is 2. The van der Waals surface area contributed by atoms with Crippen LogP contribution in [0, 0.1) is 10.1 Å². The fourth-order valence-corrected chi connectivity index (χ4v) is 3.29. The van der Waals surface area contributed by atoms with Crippen molar-refractivity contribution in [3.63, 3.8) is 0 Å². The van der Waals surface area contributed by atoms with Crippen LogP contribution in [0.3, 0.4) is 0 Å². The van der Waals surface area contributed by atoms with Crippen molar-refractivity contribution in [2.24, 2.45) is 0 Å². The molecule has 1 aromatic heterocycles. The normalized spacial score (nSPS) is 10.4. The average Bonchev–Trinajstić information content (AvgIpc) is 3.20. The minimum atomic E-state index is -0.450. The largest absolute Gasteiger partial charge is 0.493 e. The zero-order valence-corrected chi connectivity index (χ0v) is 16.5. The molecule has 1 heterocycles. The quantitative estimate of drug-likeness (QED) is 0.314. The fourth-order valence-electron chi connectivity index (χ4n) is 2.55. The monoisotopic (exact) mass is 413 g/mol. The highest BCUT2D eigenvalue weighted by Crippen LogP contribution is 2.27. The van der Waals surface area contributed by atoms with E-state index in [-0.39, 0.29) is 11.6 Å². The van der Waals surface area contributed by atoms with Crippen molar-refractivity contribution in [3.8, 4) is 22.8 Å². The molecule has 0 aliphatic rings. The Morgan fingerprint density at radius 1 is 1.17 bits per heavy atom. The van der Waals surface area contributed by atoms with E-state index in [4.69, 9.17) is 9.47 Å². The molecule has 3 aromatic rings. The van der Waals surface area contributed by atoms with Crippen molar-refractivity contribution in [2.45, 2.75) is 12.8 Å². The molecule has 29 heavy (non-hydrogen) atoms. The second kappa shape index (κ2) is 9.65. The SMILES string of the molecule is COc1ccccc1OCCCC(=O)Nc1nc(-c2ccc([N+](=O)[O-])cc2)cs1. The minimum absolute atomic E-state index is 0.0212. The molecule has 3 rings (SSSR count). The van der Waals surface area contributed by atoms with E-state index in [1.165, 1.54) is 23.5 Å². The molecular formula is C20H19N3O5S. The molecular weight excluding hydrogens is 394 g/mol. The number of hydrogen-bond acceptors (Lipinski definition) is 7. The molecule has 0 aliphatic heterocycles. The number of nitro benzene ring substituents is 1. The van der Waals surface area contributed by atoms with Crippen LogP contribution in [0.5, 0.6) is 11.5 Å². The highest BCUT2D eigenvalue weighted by Gasteiger charge is 2.10. The Labute approximate surface area is 171 Å². The van der Waals surface area contributed by atoms with Crippen molar-refractivity contribution in [2.75, 3.05) is 19.0 Å². The van der Waals surface area contributed by atoms with Crippen LogP contribution in [-0.4, -0.2) is 29.5 Å². The summed E-state index contributed by atoms with van der Waals surface area (Å²) in [4.78, 5) is 26.7. The third-order valence-electron chi connectivity index (χ3n) is 4.00. The van der Waals surface area contributed by atoms with Gasteiger partial charge in [0.15, 0.2) is 16.6 Å². The summed E-state index contributed by atoms with van der Waals surface area (Å²) in [5.74, 6) is 1.14. The van der Waals surface area contributed by atoms with Gasteiger partial charge in [-0.05, 0) is 30.7 Å². The Morgan fingerprint density at radius 2 is 1.90 bits per heavy atom. The predicted octanol–water partition coefficient (Wildman–Crippen LogP) is 4.52. The van der Waals surface area contributed by atoms with Crippen LogP contribution in [0.2, 0.25) is 0 Å². The van der Waals surface area contributed by atoms with Crippen LogP contribution in [0.25, 0.3) is 11.3 Å². The first-order valence-corrected chi connectivity index (χ1v) is 9.71. The van der Waals surface area contributed by atoms with Gasteiger partial charge in [-0.25, -0.2) is 4.98 Å². The van der Waals surface area contributed by atoms with E-state index >= 15 is 0 Å². The standard InChI is InChI=1S/C20H19N3O5S/c1-27-17-5-2-3-6-18(17)28-12-4-7-19(24)22-20-21-16(13-29-20)14-8-10-15(11-9-14)23(25)26/h2-3,5-6,8-11,13H,4,7,12H2,1H3,(H,21,22,24). The predicted molar refractivity (Wildman–Crippen MR) is 111 cm³/mol. The summed E-state index contributed by atoms with van der Waals surface area (Å²) in [5.41, 5.74) is 1.42. The number of non-ortho nitro benzene ring substituents is 1. The lowest BCUT2D eigenvalue weighted by Gasteiger charge is -2.09. The first-order valence-electron chi connectivity index (χ1n) is 8.83. The number of hydrogen-bond donors (Lipinski definition) is 1. The molecule has 0 bridgehead atoms. The Balaban J connectivity index is 1.47. The van der Waals surface area contributed by atoms with Crippen LogP contribution in [0.15, 0.2) is 53.9 Å². The highest BCUT2D eigenvalue weighted by atomic mass is 32.1. The van der Waals surface area contributed by atoms with E-state index in [0.717, 1.165) is 5.56 Å². The van der Waals surface area contributed by atoms with Crippen molar-refractivity contribution < 1.29 is 19.2 Å². The number of amides is 1. The number of carbonyl (C=O) groups is 1. The Morgan fingerprint density at radius 3 is 2.59 bits per heavy atom. The summed E-state index contributed by atoms with van der Waals surface area (Å²) < 4.78 is 10.9. The number of nitrogens with one attached hydrogen (secondary N) is 1. The summed E-state index contributed by atoms with van der Waals surface area (Å²) in [5, 5.41) is 15.8. The first kappa shape index (κ1) is 20.3. The van der Waals surface area contributed by atoms with E-state index < -0.39 is 4.92 Å². The van der Waals surface area contributed by atoms with Gasteiger partial charge in [-0.3, -0.25) is 14.9 Å². The molecule has 2 aromatic carbocycles. The summed E-state index contributed by atoms with van der Waals surface area (Å²) >= 11 is 1.30. The lowest BCUT2D eigenvalue weighted by molar-refractivity contribution is -0.384. The number of para-hydroxylation sites is 2. The van der Waals surface area contributed by atoms with Gasteiger partial charge >= 0.3 is 0 Å². The van der Waals surface area contributed by atoms with Crippen LogP contribution in [0.4, 0.5) is 10.8 Å². The maximum absolute atomic E-state index is 12.1. The Hall–Kier alpha value is -3.46. The Kier molecular flexibility index (Phi) is 6.75. The smallest absolute Gasteiger partial charge is 0.269 e. The van der Waals surface area contributed by atoms with Gasteiger partial charge in [-0.1, -0.05) is 12.1 Å². The molecule has 0 radical (unpaired) electrons. The Bertz CT molecular complexity index is 988. The van der Waals surface area contributed by atoms with Crippen molar-refractivity contribution in [1.82, 2.24) is 4.98 Å². The highest BCUT2D eigenvalue weighted by molar-refractivity contribution is 7.14. The maximum atomic E-state index is 12.1. The van der Waals surface area contributed by atoms with Crippen LogP contribution in [0.1, 0.15) is 12.8 Å². The van der Waals surface area contributed by atoms with Crippen molar-refractivity contribution in [3.05, 3.63) is 64.0 Å². The van der Waals surface area contributed by atoms with Crippen LogP contribution >= 0.6 is 11.3 Å². The van der Waals surface area contributed by atoms with Crippen molar-refractivity contribution >= 4 is 28.1 Å². The molecule has 0 unspecified atom stereocenters. The lowest BCUT2D eigenvalue weighted by atomic mass is 10.1. The number of aromatic nitrogens is 1. The fraction of sp³-hybridized carbons (Fsp3) is 0.200. The second-order valence-electron chi connectivity index (χ2n) is 5.99. The molecule has 0 spiro atoms. The molecule has 0 atom stereocenters. The third-order valence-corrected chi connectivity index (χ3v) is 4.76. The van der Waals surface area contributed by atoms with Crippen LogP contribution in [-0.2, 0) is 4.79 Å². The van der Waals surface area contributed by atoms with E-state index in [2.05, 4.69) is 10.3 Å². The lowest BCUT2D eigenvalue weighted by Crippen LogP contribution is -2.12. The van der Waals surface area contributed by atoms with Crippen molar-refractivity contribution in [1.29, 1.82) is 0 Å². The zero-order chi connectivity index (χ0) is 20.6. The minimum Gasteiger partial charge on any atom is -0.493 e. The molecule has 9 heteroatoms. The summed E-state index contributed by atoms with van der Waals surface area (Å²) in [7, 11) is 1.58. The second-order valence-corrected chi connectivity index (χ2v) is 6.85. The van der Waals surface area contributed by atoms with E-state index in [1.807, 2.05) is 24.3 Å². The molecule has 1 amide bonds. The van der Waals surface area contributed by atoms with Gasteiger partial charge in [0.25, 0.3) is 5.69 Å². The molecule has 1 N–H and O–H groups in total. The van der Waals surface area contributed by atoms with Gasteiger partial charge in [0.05, 0.1) is 24.3 Å². The van der Waals surface area contributed by atoms with Gasteiger partial charge in [-0.15, -0.1) is 11.3 Å². The van der Waals surface area contributed by atoms with Gasteiger partial charge in [0, 0.05) is 29.5 Å². The number of methoxy groups -OCH3 is 1. The van der Waals surface area contributed by atoms with Crippen LogP contribution < -0.4 is 14.8 Å². The number of benzene rings is 2. The average molecular weight is 413 g/mol. The number of nitrogens with zero attached hydrogens (tertiary/aromatic N) is 2. The third kappa shape index (κ3) is 5.52. The van der Waals surface area contributed by atoms with Gasteiger partial charge in [0.2, 0.25) is 5.91 Å². The van der Waals surface area contributed by atoms with Gasteiger partial charge in [-0.2, -0.15) is 0 Å². The molecule has 8 nitrogen and oxygen atoms in total. The maximum Gasteiger partial charge on any atom is 0.269 e. The summed E-state index contributed by atoms with van der Waals surface area (Å²) in [6.07, 6.45) is 0.839. The summed E-state index contributed by atoms with van der Waals surface area (Å²) in [6.45, 7) is 0.389.